The van der Waals surface area contributed by atoms with E-state index < -0.39 is 18.0 Å². The second-order valence-electron chi connectivity index (χ2n) is 6.80. The van der Waals surface area contributed by atoms with E-state index in [4.69, 9.17) is 0 Å². The maximum Gasteiger partial charge on any atom is 0.408 e. The highest BCUT2D eigenvalue weighted by Crippen LogP contribution is 2.40. The lowest BCUT2D eigenvalue weighted by Gasteiger charge is -2.39. The first-order valence-electron chi connectivity index (χ1n) is 8.92. The van der Waals surface area contributed by atoms with Crippen LogP contribution in [0, 0.1) is 5.82 Å². The third kappa shape index (κ3) is 3.48. The predicted octanol–water partition coefficient (Wildman–Crippen LogP) is 5.96. The Morgan fingerprint density at radius 3 is 2.44 bits per heavy atom. The zero-order valence-corrected chi connectivity index (χ0v) is 14.5. The molecular formula is C21H18F4N2. The van der Waals surface area contributed by atoms with Gasteiger partial charge in [-0.1, -0.05) is 18.2 Å². The lowest BCUT2D eigenvalue weighted by Crippen LogP contribution is -2.49. The standard InChI is InChI=1S/C21H18F4N2/c22-16-10-8-14(9-11-16)20-18(13-15-5-1-2-6-17(15)26-20)27-12-4-3-7-19(27)21(23,24)25/h1-2,5-6,8-11,13,19H,3-4,7,12H2. The molecule has 4 rings (SSSR count). The summed E-state index contributed by atoms with van der Waals surface area (Å²) in [4.78, 5) is 6.05. The summed E-state index contributed by atoms with van der Waals surface area (Å²) in [6.07, 6.45) is -3.00. The van der Waals surface area contributed by atoms with Crippen LogP contribution < -0.4 is 4.90 Å². The molecule has 1 fully saturated rings. The highest BCUT2D eigenvalue weighted by Gasteiger charge is 2.45. The van der Waals surface area contributed by atoms with E-state index in [1.807, 2.05) is 24.3 Å². The summed E-state index contributed by atoms with van der Waals surface area (Å²) in [5.41, 5.74) is 2.19. The number of benzene rings is 2. The van der Waals surface area contributed by atoms with Crippen LogP contribution in [-0.2, 0) is 0 Å². The van der Waals surface area contributed by atoms with Gasteiger partial charge >= 0.3 is 6.18 Å². The Morgan fingerprint density at radius 1 is 0.963 bits per heavy atom. The van der Waals surface area contributed by atoms with E-state index in [2.05, 4.69) is 4.98 Å². The summed E-state index contributed by atoms with van der Waals surface area (Å²) in [6, 6.07) is 13.3. The molecule has 1 saturated heterocycles. The molecule has 2 heterocycles. The zero-order chi connectivity index (χ0) is 19.0. The highest BCUT2D eigenvalue weighted by molar-refractivity contribution is 5.89. The summed E-state index contributed by atoms with van der Waals surface area (Å²) >= 11 is 0. The molecule has 0 aliphatic carbocycles. The molecule has 0 saturated carbocycles. The summed E-state index contributed by atoms with van der Waals surface area (Å²) in [5.74, 6) is -0.396. The number of hydrogen-bond acceptors (Lipinski definition) is 2. The Bertz CT molecular complexity index is 951. The van der Waals surface area contributed by atoms with Gasteiger partial charge in [-0.2, -0.15) is 13.2 Å². The van der Waals surface area contributed by atoms with E-state index >= 15 is 0 Å². The van der Waals surface area contributed by atoms with E-state index in [1.54, 1.807) is 18.2 Å². The van der Waals surface area contributed by atoms with Crippen molar-refractivity contribution >= 4 is 16.6 Å². The smallest absolute Gasteiger partial charge is 0.358 e. The number of piperidine rings is 1. The van der Waals surface area contributed by atoms with Crippen LogP contribution in [0.5, 0.6) is 0 Å². The van der Waals surface area contributed by atoms with Crippen LogP contribution in [0.3, 0.4) is 0 Å². The first-order chi connectivity index (χ1) is 12.9. The lowest BCUT2D eigenvalue weighted by molar-refractivity contribution is -0.152. The molecule has 0 amide bonds. The lowest BCUT2D eigenvalue weighted by atomic mass is 9.98. The second kappa shape index (κ2) is 6.83. The summed E-state index contributed by atoms with van der Waals surface area (Å²) in [6.45, 7) is 0.318. The van der Waals surface area contributed by atoms with Crippen molar-refractivity contribution in [1.29, 1.82) is 0 Å². The highest BCUT2D eigenvalue weighted by atomic mass is 19.4. The number of nitrogens with zero attached hydrogens (tertiary/aromatic N) is 2. The number of anilines is 1. The molecule has 3 aromatic rings. The minimum absolute atomic E-state index is 0.0686. The van der Waals surface area contributed by atoms with Crippen LogP contribution in [0.25, 0.3) is 22.2 Å². The Balaban J connectivity index is 1.91. The van der Waals surface area contributed by atoms with Crippen LogP contribution >= 0.6 is 0 Å². The molecule has 1 unspecified atom stereocenters. The van der Waals surface area contributed by atoms with Crippen molar-refractivity contribution in [2.75, 3.05) is 11.4 Å². The molecule has 1 aromatic heterocycles. The number of hydrogen-bond donors (Lipinski definition) is 0. The molecule has 140 valence electrons. The maximum atomic E-state index is 13.7. The molecule has 6 heteroatoms. The Labute approximate surface area is 154 Å². The fraction of sp³-hybridized carbons (Fsp3) is 0.286. The number of alkyl halides is 3. The van der Waals surface area contributed by atoms with Crippen LogP contribution in [-0.4, -0.2) is 23.7 Å². The molecule has 0 spiro atoms. The monoisotopic (exact) mass is 374 g/mol. The van der Waals surface area contributed by atoms with Crippen molar-refractivity contribution in [3.05, 3.63) is 60.4 Å². The average molecular weight is 374 g/mol. The minimum atomic E-state index is -4.31. The minimum Gasteiger partial charge on any atom is -0.358 e. The van der Waals surface area contributed by atoms with E-state index in [1.165, 1.54) is 17.0 Å². The topological polar surface area (TPSA) is 16.1 Å². The summed E-state index contributed by atoms with van der Waals surface area (Å²) < 4.78 is 54.3. The first-order valence-corrected chi connectivity index (χ1v) is 8.92. The van der Waals surface area contributed by atoms with Gasteiger partial charge in [-0.05, 0) is 55.7 Å². The van der Waals surface area contributed by atoms with Crippen molar-refractivity contribution < 1.29 is 17.6 Å². The number of rotatable bonds is 2. The van der Waals surface area contributed by atoms with Crippen LogP contribution in [0.2, 0.25) is 0 Å². The van der Waals surface area contributed by atoms with Gasteiger partial charge in [0.2, 0.25) is 0 Å². The molecule has 0 radical (unpaired) electrons. The molecule has 2 nitrogen and oxygen atoms in total. The van der Waals surface area contributed by atoms with Crippen LogP contribution in [0.15, 0.2) is 54.6 Å². The van der Waals surface area contributed by atoms with Gasteiger partial charge in [0.1, 0.15) is 11.9 Å². The Hall–Kier alpha value is -2.63. The number of aromatic nitrogens is 1. The fourth-order valence-electron chi connectivity index (χ4n) is 3.70. The maximum absolute atomic E-state index is 13.7. The summed E-state index contributed by atoms with van der Waals surface area (Å²) in [7, 11) is 0. The number of pyridine rings is 1. The SMILES string of the molecule is Fc1ccc(-c2nc3ccccc3cc2N2CCCCC2C(F)(F)F)cc1. The second-order valence-corrected chi connectivity index (χ2v) is 6.80. The van der Waals surface area contributed by atoms with Crippen molar-refractivity contribution in [3.63, 3.8) is 0 Å². The van der Waals surface area contributed by atoms with E-state index in [0.29, 0.717) is 41.8 Å². The van der Waals surface area contributed by atoms with Crippen LogP contribution in [0.1, 0.15) is 19.3 Å². The quantitative estimate of drug-likeness (QED) is 0.514. The molecule has 1 atom stereocenters. The third-order valence-corrected chi connectivity index (χ3v) is 5.01. The molecule has 1 aliphatic heterocycles. The van der Waals surface area contributed by atoms with Gasteiger partial charge in [0.15, 0.2) is 0 Å². The van der Waals surface area contributed by atoms with Gasteiger partial charge in [-0.3, -0.25) is 0 Å². The normalized spacial score (nSPS) is 18.1. The van der Waals surface area contributed by atoms with E-state index in [-0.39, 0.29) is 6.42 Å². The Kier molecular flexibility index (Phi) is 4.50. The van der Waals surface area contributed by atoms with Crippen molar-refractivity contribution in [3.8, 4) is 11.3 Å². The predicted molar refractivity (Wildman–Crippen MR) is 98.2 cm³/mol. The van der Waals surface area contributed by atoms with Gasteiger partial charge < -0.3 is 4.90 Å². The Morgan fingerprint density at radius 2 is 1.70 bits per heavy atom. The van der Waals surface area contributed by atoms with E-state index in [9.17, 15) is 17.6 Å². The number of fused-ring (bicyclic) bond motifs is 1. The van der Waals surface area contributed by atoms with Crippen molar-refractivity contribution in [2.24, 2.45) is 0 Å². The molecule has 1 aliphatic rings. The molecular weight excluding hydrogens is 356 g/mol. The largest absolute Gasteiger partial charge is 0.408 e. The fourth-order valence-corrected chi connectivity index (χ4v) is 3.70. The molecule has 2 aromatic carbocycles. The summed E-state index contributed by atoms with van der Waals surface area (Å²) in [5, 5.41) is 0.782. The van der Waals surface area contributed by atoms with E-state index in [0.717, 1.165) is 5.39 Å². The third-order valence-electron chi connectivity index (χ3n) is 5.01. The van der Waals surface area contributed by atoms with Gasteiger partial charge in [0.25, 0.3) is 0 Å². The van der Waals surface area contributed by atoms with Crippen molar-refractivity contribution in [1.82, 2.24) is 4.98 Å². The molecule has 27 heavy (non-hydrogen) atoms. The molecule has 0 N–H and O–H groups in total. The number of para-hydroxylation sites is 1. The van der Waals surface area contributed by atoms with Gasteiger partial charge in [-0.15, -0.1) is 0 Å². The average Bonchev–Trinajstić information content (AvgIpc) is 2.67. The van der Waals surface area contributed by atoms with Crippen LogP contribution in [0.4, 0.5) is 23.2 Å². The molecule has 0 bridgehead atoms. The van der Waals surface area contributed by atoms with Crippen molar-refractivity contribution in [2.45, 2.75) is 31.5 Å². The van der Waals surface area contributed by atoms with Gasteiger partial charge in [0, 0.05) is 17.5 Å². The van der Waals surface area contributed by atoms with Gasteiger partial charge in [-0.25, -0.2) is 9.37 Å². The van der Waals surface area contributed by atoms with Gasteiger partial charge in [0.05, 0.1) is 16.9 Å². The first kappa shape index (κ1) is 17.8. The zero-order valence-electron chi connectivity index (χ0n) is 14.5. The number of halogens is 4.